The molecule has 2 N–H and O–H groups in total. The molecule has 1 unspecified atom stereocenters. The molecule has 0 radical (unpaired) electrons. The van der Waals surface area contributed by atoms with Crippen molar-refractivity contribution in [1.29, 1.82) is 0 Å². The van der Waals surface area contributed by atoms with Crippen LogP contribution in [0.1, 0.15) is 29.5 Å². The zero-order valence-corrected chi connectivity index (χ0v) is 18.1. The lowest BCUT2D eigenvalue weighted by molar-refractivity contribution is -0.192. The molecule has 8 nitrogen and oxygen atoms in total. The number of alkyl halides is 3. The number of hydrogen-bond acceptors (Lipinski definition) is 6. The molecule has 12 heteroatoms. The number of carboxylic acids is 1. The fraction of sp³-hybridized carbons (Fsp3) is 0.550. The molecule has 4 rings (SSSR count). The minimum absolute atomic E-state index is 0.0678. The maximum absolute atomic E-state index is 12.8. The SMILES string of the molecule is O=C(NCCc1cccs1)C1CN(C2CCOCC2)Cc2ccnn21.O=C(O)C(F)(F)F. The lowest BCUT2D eigenvalue weighted by Gasteiger charge is -2.39. The Kier molecular flexibility index (Phi) is 8.26. The van der Waals surface area contributed by atoms with Crippen molar-refractivity contribution in [3.63, 3.8) is 0 Å². The van der Waals surface area contributed by atoms with E-state index in [2.05, 4.69) is 26.8 Å². The Balaban J connectivity index is 0.000000360. The Bertz CT molecular complexity index is 882. The van der Waals surface area contributed by atoms with Crippen molar-refractivity contribution in [3.05, 3.63) is 40.3 Å². The van der Waals surface area contributed by atoms with Crippen molar-refractivity contribution in [1.82, 2.24) is 20.0 Å². The van der Waals surface area contributed by atoms with Crippen molar-refractivity contribution in [2.24, 2.45) is 0 Å². The number of hydrogen-bond donors (Lipinski definition) is 2. The molecule has 4 heterocycles. The number of ether oxygens (including phenoxy) is 1. The van der Waals surface area contributed by atoms with Crippen LogP contribution in [0.4, 0.5) is 13.2 Å². The number of halogens is 3. The van der Waals surface area contributed by atoms with Gasteiger partial charge in [0.15, 0.2) is 0 Å². The van der Waals surface area contributed by atoms with Gasteiger partial charge in [-0.2, -0.15) is 18.3 Å². The van der Waals surface area contributed by atoms with Gasteiger partial charge in [0.25, 0.3) is 0 Å². The van der Waals surface area contributed by atoms with Gasteiger partial charge >= 0.3 is 12.1 Å². The average molecular weight is 475 g/mol. The second kappa shape index (κ2) is 10.9. The molecule has 0 bridgehead atoms. The van der Waals surface area contributed by atoms with Gasteiger partial charge in [0, 0.05) is 50.0 Å². The highest BCUT2D eigenvalue weighted by atomic mass is 32.1. The van der Waals surface area contributed by atoms with E-state index in [0.29, 0.717) is 12.6 Å². The molecule has 0 aliphatic carbocycles. The highest BCUT2D eigenvalue weighted by Crippen LogP contribution is 2.26. The van der Waals surface area contributed by atoms with Crippen LogP contribution in [0.3, 0.4) is 0 Å². The van der Waals surface area contributed by atoms with Gasteiger partial charge in [-0.1, -0.05) is 6.07 Å². The summed E-state index contributed by atoms with van der Waals surface area (Å²) in [7, 11) is 0. The third kappa shape index (κ3) is 6.53. The van der Waals surface area contributed by atoms with Crippen LogP contribution in [-0.2, 0) is 27.3 Å². The van der Waals surface area contributed by atoms with Crippen molar-refractivity contribution >= 4 is 23.2 Å². The van der Waals surface area contributed by atoms with Crippen LogP contribution in [0.5, 0.6) is 0 Å². The average Bonchev–Trinajstić information content (AvgIpc) is 3.45. The van der Waals surface area contributed by atoms with Crippen molar-refractivity contribution in [3.8, 4) is 0 Å². The van der Waals surface area contributed by atoms with E-state index in [0.717, 1.165) is 51.3 Å². The molecule has 0 spiro atoms. The molecule has 32 heavy (non-hydrogen) atoms. The minimum Gasteiger partial charge on any atom is -0.475 e. The van der Waals surface area contributed by atoms with Gasteiger partial charge in [-0.05, 0) is 36.8 Å². The van der Waals surface area contributed by atoms with Crippen LogP contribution < -0.4 is 5.32 Å². The first-order valence-electron chi connectivity index (χ1n) is 10.2. The van der Waals surface area contributed by atoms with Crippen molar-refractivity contribution in [2.45, 2.75) is 44.1 Å². The standard InChI is InChI=1S/C18H24N4O2S.C2HF3O2/c23-18(19-7-4-16-2-1-11-25-16)17-13-21(14-5-9-24-10-6-14)12-15-3-8-20-22(15)17;3-2(4,5)1(6)7/h1-3,8,11,14,17H,4-7,9-10,12-13H2,(H,19,23);(H,6,7). The molecule has 176 valence electrons. The summed E-state index contributed by atoms with van der Waals surface area (Å²) >= 11 is 1.73. The predicted molar refractivity (Wildman–Crippen MR) is 110 cm³/mol. The number of carbonyl (C=O) groups is 2. The Labute approximate surface area is 187 Å². The second-order valence-electron chi connectivity index (χ2n) is 7.48. The normalized spacial score (nSPS) is 19.5. The van der Waals surface area contributed by atoms with Crippen LogP contribution in [-0.4, -0.2) is 70.2 Å². The van der Waals surface area contributed by atoms with E-state index in [4.69, 9.17) is 14.6 Å². The molecule has 0 aromatic carbocycles. The summed E-state index contributed by atoms with van der Waals surface area (Å²) in [5.74, 6) is -2.69. The first-order chi connectivity index (χ1) is 15.3. The van der Waals surface area contributed by atoms with Gasteiger partial charge in [-0.25, -0.2) is 4.79 Å². The molecule has 2 aromatic rings. The highest BCUT2D eigenvalue weighted by molar-refractivity contribution is 7.09. The number of thiophene rings is 1. The fourth-order valence-electron chi connectivity index (χ4n) is 3.72. The molecular formula is C20H25F3N4O4S. The largest absolute Gasteiger partial charge is 0.490 e. The fourth-order valence-corrected chi connectivity index (χ4v) is 4.43. The van der Waals surface area contributed by atoms with Crippen LogP contribution in [0.25, 0.3) is 0 Å². The van der Waals surface area contributed by atoms with Crippen LogP contribution in [0.15, 0.2) is 29.8 Å². The van der Waals surface area contributed by atoms with E-state index in [1.54, 1.807) is 17.5 Å². The molecular weight excluding hydrogens is 449 g/mol. The van der Waals surface area contributed by atoms with E-state index in [-0.39, 0.29) is 11.9 Å². The van der Waals surface area contributed by atoms with Gasteiger partial charge in [-0.3, -0.25) is 14.4 Å². The molecule has 1 amide bonds. The summed E-state index contributed by atoms with van der Waals surface area (Å²) in [4.78, 5) is 25.4. The van der Waals surface area contributed by atoms with Gasteiger partial charge in [0.2, 0.25) is 5.91 Å². The Morgan fingerprint density at radius 1 is 1.28 bits per heavy atom. The molecule has 0 saturated carbocycles. The number of aromatic nitrogens is 2. The zero-order chi connectivity index (χ0) is 23.1. The van der Waals surface area contributed by atoms with Gasteiger partial charge in [-0.15, -0.1) is 11.3 Å². The maximum atomic E-state index is 12.8. The minimum atomic E-state index is -5.08. The Hall–Kier alpha value is -2.44. The lowest BCUT2D eigenvalue weighted by atomic mass is 10.0. The third-order valence-electron chi connectivity index (χ3n) is 5.32. The summed E-state index contributed by atoms with van der Waals surface area (Å²) in [6.07, 6.45) is -0.317. The van der Waals surface area contributed by atoms with E-state index in [9.17, 15) is 18.0 Å². The van der Waals surface area contributed by atoms with E-state index in [1.165, 1.54) is 4.88 Å². The number of carbonyl (C=O) groups excluding carboxylic acids is 1. The van der Waals surface area contributed by atoms with Crippen molar-refractivity contribution < 1.29 is 32.6 Å². The first kappa shape index (κ1) is 24.2. The number of fused-ring (bicyclic) bond motifs is 1. The third-order valence-corrected chi connectivity index (χ3v) is 6.26. The molecule has 1 saturated heterocycles. The number of amides is 1. The zero-order valence-electron chi connectivity index (χ0n) is 17.3. The van der Waals surface area contributed by atoms with E-state index < -0.39 is 12.1 Å². The molecule has 1 fully saturated rings. The predicted octanol–water partition coefficient (Wildman–Crippen LogP) is 2.47. The number of carboxylic acid groups (broad SMARTS) is 1. The summed E-state index contributed by atoms with van der Waals surface area (Å²) in [5.41, 5.74) is 1.12. The van der Waals surface area contributed by atoms with Crippen LogP contribution in [0, 0.1) is 0 Å². The lowest BCUT2D eigenvalue weighted by Crippen LogP contribution is -2.49. The number of nitrogens with zero attached hydrogens (tertiary/aromatic N) is 3. The Morgan fingerprint density at radius 3 is 2.62 bits per heavy atom. The number of aliphatic carboxylic acids is 1. The quantitative estimate of drug-likeness (QED) is 0.691. The first-order valence-corrected chi connectivity index (χ1v) is 11.1. The smallest absolute Gasteiger partial charge is 0.475 e. The van der Waals surface area contributed by atoms with Gasteiger partial charge in [0.05, 0.1) is 5.69 Å². The number of rotatable bonds is 5. The van der Waals surface area contributed by atoms with E-state index in [1.807, 2.05) is 16.8 Å². The molecule has 1 atom stereocenters. The summed E-state index contributed by atoms with van der Waals surface area (Å²) < 4.78 is 39.1. The van der Waals surface area contributed by atoms with Gasteiger partial charge < -0.3 is 15.2 Å². The monoisotopic (exact) mass is 474 g/mol. The van der Waals surface area contributed by atoms with Gasteiger partial charge in [0.1, 0.15) is 6.04 Å². The molecule has 2 aromatic heterocycles. The van der Waals surface area contributed by atoms with Crippen LogP contribution in [0.2, 0.25) is 0 Å². The summed E-state index contributed by atoms with van der Waals surface area (Å²) in [5, 5.41) is 16.7. The highest BCUT2D eigenvalue weighted by Gasteiger charge is 2.38. The summed E-state index contributed by atoms with van der Waals surface area (Å²) in [6, 6.07) is 6.43. The molecule has 2 aliphatic rings. The van der Waals surface area contributed by atoms with Crippen LogP contribution >= 0.6 is 11.3 Å². The summed E-state index contributed by atoms with van der Waals surface area (Å²) in [6.45, 7) is 3.90. The second-order valence-corrected chi connectivity index (χ2v) is 8.51. The van der Waals surface area contributed by atoms with E-state index >= 15 is 0 Å². The topological polar surface area (TPSA) is 96.7 Å². The number of nitrogens with one attached hydrogen (secondary N) is 1. The molecule has 2 aliphatic heterocycles. The maximum Gasteiger partial charge on any atom is 0.490 e. The Morgan fingerprint density at radius 2 is 2.00 bits per heavy atom. The van der Waals surface area contributed by atoms with Crippen molar-refractivity contribution in [2.75, 3.05) is 26.3 Å².